The van der Waals surface area contributed by atoms with Gasteiger partial charge in [0.15, 0.2) is 5.65 Å². The molecule has 4 aromatic rings. The quantitative estimate of drug-likeness (QED) is 0.534. The molecule has 2 fully saturated rings. The zero-order valence-electron chi connectivity index (χ0n) is 17.3. The number of carbonyl (C=O) groups is 1. The van der Waals surface area contributed by atoms with Crippen LogP contribution in [0.3, 0.4) is 0 Å². The topological polar surface area (TPSA) is 89.1 Å². The van der Waals surface area contributed by atoms with Crippen molar-refractivity contribution >= 4 is 28.1 Å². The Morgan fingerprint density at radius 1 is 1.23 bits per heavy atom. The van der Waals surface area contributed by atoms with Crippen LogP contribution in [0.5, 0.6) is 0 Å². The third-order valence-corrected chi connectivity index (χ3v) is 6.93. The van der Waals surface area contributed by atoms with Gasteiger partial charge in [-0.25, -0.2) is 9.50 Å². The van der Waals surface area contributed by atoms with Crippen LogP contribution in [-0.2, 0) is 0 Å². The number of amides is 1. The Morgan fingerprint density at radius 3 is 2.97 bits per heavy atom. The molecular weight excluding hydrogens is 390 g/mol. The van der Waals surface area contributed by atoms with E-state index >= 15 is 0 Å². The smallest absolute Gasteiger partial charge is 0.255 e. The van der Waals surface area contributed by atoms with Crippen LogP contribution in [0.1, 0.15) is 54.9 Å². The highest BCUT2D eigenvalue weighted by Crippen LogP contribution is 2.39. The first-order valence-corrected chi connectivity index (χ1v) is 11.0. The number of rotatable bonds is 3. The number of nitrogens with one attached hydrogen (secondary N) is 2. The SMILES string of the molecule is O=C(Nc1cnn2cccnc12)c1ccc2nn(C3CCC4(CCCN4)CC3)cc2c1. The number of hydrogen-bond acceptors (Lipinski definition) is 5. The minimum absolute atomic E-state index is 0.179. The van der Waals surface area contributed by atoms with Crippen LogP contribution in [0.15, 0.2) is 49.1 Å². The van der Waals surface area contributed by atoms with Crippen molar-refractivity contribution in [2.24, 2.45) is 0 Å². The fraction of sp³-hybridized carbons (Fsp3) is 0.391. The van der Waals surface area contributed by atoms with Crippen molar-refractivity contribution in [3.8, 4) is 0 Å². The Bertz CT molecular complexity index is 1260. The standard InChI is InChI=1S/C23H25N7O/c31-22(27-20-14-26-29-12-2-10-24-21(20)29)16-3-4-19-17(13-16)15-30(28-19)18-5-8-23(9-6-18)7-1-11-25-23/h2-4,10,12-15,18,25H,1,5-9,11H2,(H,27,31). The average molecular weight is 416 g/mol. The molecule has 1 amide bonds. The third kappa shape index (κ3) is 3.27. The Kier molecular flexibility index (Phi) is 4.27. The number of nitrogens with zero attached hydrogens (tertiary/aromatic N) is 5. The maximum atomic E-state index is 12.8. The second-order valence-electron chi connectivity index (χ2n) is 8.82. The highest BCUT2D eigenvalue weighted by atomic mass is 16.1. The van der Waals surface area contributed by atoms with E-state index in [-0.39, 0.29) is 5.91 Å². The molecule has 1 aliphatic heterocycles. The monoisotopic (exact) mass is 415 g/mol. The van der Waals surface area contributed by atoms with Crippen LogP contribution >= 0.6 is 0 Å². The van der Waals surface area contributed by atoms with Crippen LogP contribution in [0.2, 0.25) is 0 Å². The molecule has 4 heterocycles. The lowest BCUT2D eigenvalue weighted by Gasteiger charge is -2.37. The summed E-state index contributed by atoms with van der Waals surface area (Å²) >= 11 is 0. The van der Waals surface area contributed by atoms with E-state index in [1.807, 2.05) is 18.2 Å². The molecule has 1 spiro atoms. The predicted octanol–water partition coefficient (Wildman–Crippen LogP) is 3.57. The van der Waals surface area contributed by atoms with Crippen molar-refractivity contribution in [1.29, 1.82) is 0 Å². The van der Waals surface area contributed by atoms with E-state index in [9.17, 15) is 4.79 Å². The fourth-order valence-electron chi connectivity index (χ4n) is 5.20. The van der Waals surface area contributed by atoms with E-state index in [2.05, 4.69) is 31.6 Å². The van der Waals surface area contributed by atoms with Gasteiger partial charge in [-0.05, 0) is 69.3 Å². The molecule has 0 radical (unpaired) electrons. The molecule has 0 bridgehead atoms. The molecule has 2 N–H and O–H groups in total. The van der Waals surface area contributed by atoms with E-state index in [1.54, 1.807) is 29.2 Å². The van der Waals surface area contributed by atoms with Gasteiger partial charge in [-0.2, -0.15) is 10.2 Å². The molecule has 8 nitrogen and oxygen atoms in total. The van der Waals surface area contributed by atoms with Crippen molar-refractivity contribution in [2.75, 3.05) is 11.9 Å². The first-order valence-electron chi connectivity index (χ1n) is 11.0. The van der Waals surface area contributed by atoms with Gasteiger partial charge in [0.05, 0.1) is 17.8 Å². The lowest BCUT2D eigenvalue weighted by atomic mass is 9.78. The minimum Gasteiger partial charge on any atom is -0.317 e. The number of anilines is 1. The number of hydrogen-bond donors (Lipinski definition) is 2. The van der Waals surface area contributed by atoms with Crippen LogP contribution in [0.4, 0.5) is 5.69 Å². The summed E-state index contributed by atoms with van der Waals surface area (Å²) in [6.07, 6.45) is 14.5. The molecule has 1 saturated carbocycles. The van der Waals surface area contributed by atoms with Crippen LogP contribution < -0.4 is 10.6 Å². The van der Waals surface area contributed by atoms with Gasteiger partial charge in [0.2, 0.25) is 0 Å². The Balaban J connectivity index is 1.20. The minimum atomic E-state index is -0.179. The molecule has 1 aromatic carbocycles. The molecule has 2 aliphatic rings. The van der Waals surface area contributed by atoms with Crippen molar-refractivity contribution in [3.63, 3.8) is 0 Å². The second kappa shape index (κ2) is 7.16. The normalized spacial score (nSPS) is 23.7. The summed E-state index contributed by atoms with van der Waals surface area (Å²) < 4.78 is 3.75. The number of aromatic nitrogens is 5. The summed E-state index contributed by atoms with van der Waals surface area (Å²) in [6, 6.07) is 7.90. The average Bonchev–Trinajstić information content (AvgIpc) is 3.53. The van der Waals surface area contributed by atoms with Crippen LogP contribution in [-0.4, -0.2) is 42.4 Å². The Hall–Kier alpha value is -3.26. The molecule has 1 saturated heterocycles. The lowest BCUT2D eigenvalue weighted by Crippen LogP contribution is -2.43. The van der Waals surface area contributed by atoms with Gasteiger partial charge < -0.3 is 10.6 Å². The van der Waals surface area contributed by atoms with Crippen molar-refractivity contribution in [2.45, 2.75) is 50.1 Å². The summed E-state index contributed by atoms with van der Waals surface area (Å²) in [6.45, 7) is 1.16. The first kappa shape index (κ1) is 18.5. The molecule has 6 rings (SSSR count). The number of carbonyl (C=O) groups excluding carboxylic acids is 1. The Labute approximate surface area is 179 Å². The fourth-order valence-corrected chi connectivity index (χ4v) is 5.20. The van der Waals surface area contributed by atoms with Gasteiger partial charge >= 0.3 is 0 Å². The molecule has 0 unspecified atom stereocenters. The molecular formula is C23H25N7O. The summed E-state index contributed by atoms with van der Waals surface area (Å²) in [5.74, 6) is -0.179. The zero-order chi connectivity index (χ0) is 20.8. The molecule has 0 atom stereocenters. The van der Waals surface area contributed by atoms with Crippen molar-refractivity contribution in [3.05, 3.63) is 54.6 Å². The Morgan fingerprint density at radius 2 is 2.13 bits per heavy atom. The van der Waals surface area contributed by atoms with E-state index in [1.165, 1.54) is 25.7 Å². The molecule has 3 aromatic heterocycles. The summed E-state index contributed by atoms with van der Waals surface area (Å²) in [5.41, 5.74) is 3.12. The molecule has 31 heavy (non-hydrogen) atoms. The maximum Gasteiger partial charge on any atom is 0.255 e. The van der Waals surface area contributed by atoms with E-state index in [4.69, 9.17) is 5.10 Å². The van der Waals surface area contributed by atoms with E-state index < -0.39 is 0 Å². The van der Waals surface area contributed by atoms with E-state index in [0.29, 0.717) is 28.5 Å². The maximum absolute atomic E-state index is 12.8. The largest absolute Gasteiger partial charge is 0.317 e. The third-order valence-electron chi connectivity index (χ3n) is 6.93. The highest BCUT2D eigenvalue weighted by Gasteiger charge is 2.37. The van der Waals surface area contributed by atoms with Gasteiger partial charge in [0.1, 0.15) is 5.69 Å². The lowest BCUT2D eigenvalue weighted by molar-refractivity contribution is 0.102. The first-order chi connectivity index (χ1) is 15.2. The second-order valence-corrected chi connectivity index (χ2v) is 8.82. The molecule has 8 heteroatoms. The van der Waals surface area contributed by atoms with Gasteiger partial charge in [-0.15, -0.1) is 0 Å². The van der Waals surface area contributed by atoms with Gasteiger partial charge in [0, 0.05) is 35.1 Å². The van der Waals surface area contributed by atoms with Crippen LogP contribution in [0, 0.1) is 0 Å². The van der Waals surface area contributed by atoms with Crippen LogP contribution in [0.25, 0.3) is 16.6 Å². The number of benzene rings is 1. The van der Waals surface area contributed by atoms with E-state index in [0.717, 1.165) is 30.3 Å². The van der Waals surface area contributed by atoms with Gasteiger partial charge in [0.25, 0.3) is 5.91 Å². The predicted molar refractivity (Wildman–Crippen MR) is 118 cm³/mol. The molecule has 1 aliphatic carbocycles. The summed E-state index contributed by atoms with van der Waals surface area (Å²) in [4.78, 5) is 17.1. The van der Waals surface area contributed by atoms with Crippen molar-refractivity contribution in [1.82, 2.24) is 29.7 Å². The summed E-state index contributed by atoms with van der Waals surface area (Å²) in [5, 5.41) is 16.7. The number of fused-ring (bicyclic) bond motifs is 2. The summed E-state index contributed by atoms with van der Waals surface area (Å²) in [7, 11) is 0. The zero-order valence-corrected chi connectivity index (χ0v) is 17.3. The molecule has 158 valence electrons. The highest BCUT2D eigenvalue weighted by molar-refractivity contribution is 6.07. The van der Waals surface area contributed by atoms with Crippen molar-refractivity contribution < 1.29 is 4.79 Å². The van der Waals surface area contributed by atoms with Gasteiger partial charge in [-0.3, -0.25) is 9.48 Å². The van der Waals surface area contributed by atoms with Gasteiger partial charge in [-0.1, -0.05) is 0 Å².